The number of hydrogen-bond donors (Lipinski definition) is 3. The number of nitrogens with one attached hydrogen (secondary N) is 1. The number of aliphatic hydroxyl groups is 1. The third-order valence-corrected chi connectivity index (χ3v) is 1.72. The smallest absolute Gasteiger partial charge is 0.332 e. The Labute approximate surface area is 90.3 Å². The summed E-state index contributed by atoms with van der Waals surface area (Å²) < 4.78 is 4.59. The van der Waals surface area contributed by atoms with E-state index in [1.807, 2.05) is 0 Å². The minimum Gasteiger partial charge on any atom is -0.479 e. The second-order valence-electron chi connectivity index (χ2n) is 3.04. The molecule has 0 radical (unpaired) electrons. The average molecular weight is 229 g/mol. The molecule has 0 saturated heterocycles. The molecule has 1 aromatic heterocycles. The largest absolute Gasteiger partial charge is 0.479 e. The van der Waals surface area contributed by atoms with Gasteiger partial charge >= 0.3 is 5.97 Å². The van der Waals surface area contributed by atoms with Crippen LogP contribution in [0.3, 0.4) is 0 Å². The number of hydrogen-bond acceptors (Lipinski definition) is 6. The van der Waals surface area contributed by atoms with E-state index in [0.29, 0.717) is 0 Å². The summed E-state index contributed by atoms with van der Waals surface area (Å²) in [6, 6.07) is 0. The topological polar surface area (TPSA) is 126 Å². The van der Waals surface area contributed by atoms with E-state index in [9.17, 15) is 9.59 Å². The van der Waals surface area contributed by atoms with Crippen molar-refractivity contribution < 1.29 is 24.3 Å². The zero-order valence-electron chi connectivity index (χ0n) is 8.51. The Kier molecular flexibility index (Phi) is 3.95. The van der Waals surface area contributed by atoms with Crippen LogP contribution in [0.1, 0.15) is 22.9 Å². The molecule has 0 aliphatic carbocycles. The molecular weight excluding hydrogens is 218 g/mol. The van der Waals surface area contributed by atoms with E-state index >= 15 is 0 Å². The number of carboxylic acids is 1. The van der Waals surface area contributed by atoms with E-state index in [1.165, 1.54) is 6.92 Å². The molecule has 16 heavy (non-hydrogen) atoms. The maximum Gasteiger partial charge on any atom is 0.332 e. The number of carbonyl (C=O) groups excluding carboxylic acids is 1. The fourth-order valence-electron chi connectivity index (χ4n) is 0.916. The third kappa shape index (κ3) is 3.31. The van der Waals surface area contributed by atoms with Gasteiger partial charge in [0.1, 0.15) is 0 Å². The summed E-state index contributed by atoms with van der Waals surface area (Å²) in [4.78, 5) is 25.2. The standard InChI is InChI=1S/C8H11N3O5/c1-4-10-6(11-16-4)7(13)9-3-2-5(12)8(14)15/h5,12H,2-3H2,1H3,(H,9,13)(H,14,15). The van der Waals surface area contributed by atoms with Gasteiger partial charge in [0.15, 0.2) is 6.10 Å². The molecule has 88 valence electrons. The van der Waals surface area contributed by atoms with Crippen LogP contribution >= 0.6 is 0 Å². The maximum absolute atomic E-state index is 11.3. The molecule has 0 aliphatic rings. The fourth-order valence-corrected chi connectivity index (χ4v) is 0.916. The van der Waals surface area contributed by atoms with Crippen LogP contribution in [0.15, 0.2) is 4.52 Å². The summed E-state index contributed by atoms with van der Waals surface area (Å²) in [5.41, 5.74) is 0. The van der Waals surface area contributed by atoms with Gasteiger partial charge in [0, 0.05) is 19.9 Å². The number of rotatable bonds is 5. The monoisotopic (exact) mass is 229 g/mol. The number of aliphatic carboxylic acids is 1. The van der Waals surface area contributed by atoms with Crippen LogP contribution in [0, 0.1) is 6.92 Å². The summed E-state index contributed by atoms with van der Waals surface area (Å²) >= 11 is 0. The molecule has 8 heteroatoms. The van der Waals surface area contributed by atoms with E-state index in [2.05, 4.69) is 20.0 Å². The molecule has 0 bridgehead atoms. The minimum atomic E-state index is -1.49. The van der Waals surface area contributed by atoms with Gasteiger partial charge in [-0.25, -0.2) is 4.79 Å². The van der Waals surface area contributed by atoms with Gasteiger partial charge < -0.3 is 20.1 Å². The van der Waals surface area contributed by atoms with Crippen molar-refractivity contribution in [2.75, 3.05) is 6.54 Å². The van der Waals surface area contributed by atoms with Crippen molar-refractivity contribution in [1.29, 1.82) is 0 Å². The molecule has 1 unspecified atom stereocenters. The number of amides is 1. The zero-order chi connectivity index (χ0) is 12.1. The number of aromatic nitrogens is 2. The van der Waals surface area contributed by atoms with Gasteiger partial charge in [0.25, 0.3) is 11.7 Å². The van der Waals surface area contributed by atoms with Crippen molar-refractivity contribution in [1.82, 2.24) is 15.5 Å². The van der Waals surface area contributed by atoms with E-state index in [4.69, 9.17) is 10.2 Å². The first kappa shape index (κ1) is 12.1. The normalized spacial score (nSPS) is 12.1. The lowest BCUT2D eigenvalue weighted by molar-refractivity contribution is -0.146. The quantitative estimate of drug-likeness (QED) is 0.587. The molecule has 3 N–H and O–H groups in total. The number of nitrogens with zero attached hydrogens (tertiary/aromatic N) is 2. The highest BCUT2D eigenvalue weighted by Gasteiger charge is 2.15. The first-order valence-corrected chi connectivity index (χ1v) is 4.50. The molecule has 1 heterocycles. The maximum atomic E-state index is 11.3. The first-order chi connectivity index (χ1) is 7.50. The van der Waals surface area contributed by atoms with Gasteiger partial charge in [-0.05, 0) is 0 Å². The van der Waals surface area contributed by atoms with Crippen LogP contribution in [0.5, 0.6) is 0 Å². The molecule has 8 nitrogen and oxygen atoms in total. The summed E-state index contributed by atoms with van der Waals surface area (Å²) in [5.74, 6) is -1.77. The van der Waals surface area contributed by atoms with Crippen LogP contribution in [0.4, 0.5) is 0 Å². The van der Waals surface area contributed by atoms with Crippen molar-refractivity contribution >= 4 is 11.9 Å². The van der Waals surface area contributed by atoms with Crippen molar-refractivity contribution in [3.8, 4) is 0 Å². The molecule has 1 rings (SSSR count). The summed E-state index contributed by atoms with van der Waals surface area (Å²) in [6.07, 6.45) is -1.58. The Balaban J connectivity index is 2.34. The summed E-state index contributed by atoms with van der Waals surface area (Å²) in [6.45, 7) is 1.55. The molecule has 0 aromatic carbocycles. The molecule has 0 aliphatic heterocycles. The second kappa shape index (κ2) is 5.21. The Bertz CT molecular complexity index is 389. The van der Waals surface area contributed by atoms with E-state index in [1.54, 1.807) is 0 Å². The van der Waals surface area contributed by atoms with Crippen LogP contribution in [0.25, 0.3) is 0 Å². The van der Waals surface area contributed by atoms with Gasteiger partial charge in [0.2, 0.25) is 5.89 Å². The van der Waals surface area contributed by atoms with Gasteiger partial charge in [-0.15, -0.1) is 0 Å². The van der Waals surface area contributed by atoms with E-state index in [-0.39, 0.29) is 24.7 Å². The second-order valence-corrected chi connectivity index (χ2v) is 3.04. The average Bonchev–Trinajstić information content (AvgIpc) is 2.64. The van der Waals surface area contributed by atoms with Crippen molar-refractivity contribution in [2.24, 2.45) is 0 Å². The lowest BCUT2D eigenvalue weighted by atomic mass is 10.2. The number of carbonyl (C=O) groups is 2. The highest BCUT2D eigenvalue weighted by atomic mass is 16.5. The third-order valence-electron chi connectivity index (χ3n) is 1.72. The summed E-state index contributed by atoms with van der Waals surface area (Å²) in [5, 5.41) is 23.0. The Morgan fingerprint density at radius 3 is 2.75 bits per heavy atom. The van der Waals surface area contributed by atoms with Crippen LogP contribution in [0.2, 0.25) is 0 Å². The van der Waals surface area contributed by atoms with E-state index in [0.717, 1.165) is 0 Å². The molecule has 0 saturated carbocycles. The number of aryl methyl sites for hydroxylation is 1. The highest BCUT2D eigenvalue weighted by molar-refractivity contribution is 5.90. The molecule has 1 aromatic rings. The first-order valence-electron chi connectivity index (χ1n) is 4.50. The van der Waals surface area contributed by atoms with Gasteiger partial charge in [-0.3, -0.25) is 4.79 Å². The predicted octanol–water partition coefficient (Wildman–Crippen LogP) is -1.06. The molecule has 1 amide bonds. The Hall–Kier alpha value is -1.96. The molecule has 0 fully saturated rings. The number of carboxylic acid groups (broad SMARTS) is 1. The SMILES string of the molecule is Cc1nc(C(=O)NCCC(O)C(=O)O)no1. The highest BCUT2D eigenvalue weighted by Crippen LogP contribution is 1.95. The Morgan fingerprint density at radius 2 is 2.25 bits per heavy atom. The van der Waals surface area contributed by atoms with Crippen LogP contribution in [-0.2, 0) is 4.79 Å². The number of aliphatic hydroxyl groups excluding tert-OH is 1. The van der Waals surface area contributed by atoms with Gasteiger partial charge in [-0.1, -0.05) is 5.16 Å². The predicted molar refractivity (Wildman–Crippen MR) is 49.6 cm³/mol. The van der Waals surface area contributed by atoms with Crippen molar-refractivity contribution in [3.63, 3.8) is 0 Å². The lowest BCUT2D eigenvalue weighted by Crippen LogP contribution is -2.30. The molecular formula is C8H11N3O5. The van der Waals surface area contributed by atoms with Crippen molar-refractivity contribution in [2.45, 2.75) is 19.4 Å². The fraction of sp³-hybridized carbons (Fsp3) is 0.500. The van der Waals surface area contributed by atoms with Crippen LogP contribution < -0.4 is 5.32 Å². The van der Waals surface area contributed by atoms with Crippen molar-refractivity contribution in [3.05, 3.63) is 11.7 Å². The van der Waals surface area contributed by atoms with Crippen LogP contribution in [-0.4, -0.2) is 44.9 Å². The van der Waals surface area contributed by atoms with Gasteiger partial charge in [0.05, 0.1) is 0 Å². The zero-order valence-corrected chi connectivity index (χ0v) is 8.51. The van der Waals surface area contributed by atoms with E-state index < -0.39 is 18.0 Å². The van der Waals surface area contributed by atoms with Gasteiger partial charge in [-0.2, -0.15) is 4.98 Å². The Morgan fingerprint density at radius 1 is 1.56 bits per heavy atom. The molecule has 0 spiro atoms. The minimum absolute atomic E-state index is 0.0138. The molecule has 1 atom stereocenters. The summed E-state index contributed by atoms with van der Waals surface area (Å²) in [7, 11) is 0. The lowest BCUT2D eigenvalue weighted by Gasteiger charge is -2.05.